The van der Waals surface area contributed by atoms with E-state index in [1.54, 1.807) is 0 Å². The SMILES string of the molecule is CCCCCCCCCCC1CSSC(CCCCCCCCCC)C1. The zero-order valence-corrected chi connectivity index (χ0v) is 19.7. The van der Waals surface area contributed by atoms with Crippen LogP contribution in [0.25, 0.3) is 0 Å². The third-order valence-corrected chi connectivity index (χ3v) is 9.03. The summed E-state index contributed by atoms with van der Waals surface area (Å²) in [6, 6.07) is 0. The molecule has 0 radical (unpaired) electrons. The quantitative estimate of drug-likeness (QED) is 0.166. The monoisotopic (exact) mass is 400 g/mol. The fourth-order valence-corrected chi connectivity index (χ4v) is 7.45. The molecule has 1 saturated heterocycles. The van der Waals surface area contributed by atoms with Crippen LogP contribution in [0.3, 0.4) is 0 Å². The van der Waals surface area contributed by atoms with Crippen molar-refractivity contribution >= 4 is 21.6 Å². The van der Waals surface area contributed by atoms with Crippen LogP contribution in [0.5, 0.6) is 0 Å². The van der Waals surface area contributed by atoms with Gasteiger partial charge in [-0.05, 0) is 25.2 Å². The second kappa shape index (κ2) is 19.0. The molecule has 0 aromatic heterocycles. The fourth-order valence-electron chi connectivity index (χ4n) is 4.15. The molecule has 1 aliphatic rings. The molecule has 2 heteroatoms. The molecule has 1 heterocycles. The van der Waals surface area contributed by atoms with Crippen molar-refractivity contribution in [2.24, 2.45) is 5.92 Å². The summed E-state index contributed by atoms with van der Waals surface area (Å²) >= 11 is 0. The van der Waals surface area contributed by atoms with Crippen LogP contribution in [0.1, 0.15) is 136 Å². The standard InChI is InChI=1S/C24H48S2/c1-3-5-7-9-11-13-15-17-19-23-21-24(26-25-22-23)20-18-16-14-12-10-8-6-4-2/h23-24H,3-22H2,1-2H3. The van der Waals surface area contributed by atoms with Gasteiger partial charge in [0.25, 0.3) is 0 Å². The second-order valence-electron chi connectivity index (χ2n) is 8.63. The summed E-state index contributed by atoms with van der Waals surface area (Å²) in [5, 5.41) is 0.966. The van der Waals surface area contributed by atoms with Gasteiger partial charge in [0.2, 0.25) is 0 Å². The van der Waals surface area contributed by atoms with Crippen LogP contribution >= 0.6 is 21.6 Å². The third-order valence-electron chi connectivity index (χ3n) is 5.95. The van der Waals surface area contributed by atoms with Crippen LogP contribution in [0.2, 0.25) is 0 Å². The minimum atomic E-state index is 0.966. The number of unbranched alkanes of at least 4 members (excludes halogenated alkanes) is 14. The molecule has 1 aliphatic heterocycles. The molecule has 156 valence electrons. The summed E-state index contributed by atoms with van der Waals surface area (Å²) in [5.74, 6) is 2.45. The van der Waals surface area contributed by atoms with E-state index in [-0.39, 0.29) is 0 Å². The average molecular weight is 401 g/mol. The summed E-state index contributed by atoms with van der Waals surface area (Å²) in [5.41, 5.74) is 0. The molecular weight excluding hydrogens is 352 g/mol. The lowest BCUT2D eigenvalue weighted by Gasteiger charge is -2.28. The van der Waals surface area contributed by atoms with Crippen molar-refractivity contribution in [1.29, 1.82) is 0 Å². The molecule has 0 aromatic carbocycles. The Labute approximate surface area is 174 Å². The number of hydrogen-bond acceptors (Lipinski definition) is 2. The Hall–Kier alpha value is 0.700. The summed E-state index contributed by atoms with van der Waals surface area (Å²) in [6.07, 6.45) is 27.9. The number of hydrogen-bond donors (Lipinski definition) is 0. The van der Waals surface area contributed by atoms with Gasteiger partial charge in [-0.1, -0.05) is 138 Å². The highest BCUT2D eigenvalue weighted by molar-refractivity contribution is 8.77. The Bertz CT molecular complexity index is 253. The van der Waals surface area contributed by atoms with Crippen molar-refractivity contribution in [3.63, 3.8) is 0 Å². The highest BCUT2D eigenvalue weighted by Gasteiger charge is 2.22. The Morgan fingerprint density at radius 1 is 0.577 bits per heavy atom. The fraction of sp³-hybridized carbons (Fsp3) is 1.00. The molecule has 26 heavy (non-hydrogen) atoms. The summed E-state index contributed by atoms with van der Waals surface area (Å²) in [4.78, 5) is 0. The molecule has 0 aromatic rings. The largest absolute Gasteiger partial charge is 0.0936 e. The Morgan fingerprint density at radius 3 is 1.58 bits per heavy atom. The van der Waals surface area contributed by atoms with Gasteiger partial charge in [-0.3, -0.25) is 0 Å². The van der Waals surface area contributed by atoms with Gasteiger partial charge >= 0.3 is 0 Å². The molecule has 0 bridgehead atoms. The summed E-state index contributed by atoms with van der Waals surface area (Å²) in [7, 11) is 4.40. The van der Waals surface area contributed by atoms with Crippen LogP contribution in [-0.2, 0) is 0 Å². The van der Waals surface area contributed by atoms with E-state index in [2.05, 4.69) is 35.4 Å². The van der Waals surface area contributed by atoms with Crippen molar-refractivity contribution in [1.82, 2.24) is 0 Å². The summed E-state index contributed by atoms with van der Waals surface area (Å²) < 4.78 is 0. The zero-order chi connectivity index (χ0) is 18.7. The minimum Gasteiger partial charge on any atom is -0.0936 e. The summed E-state index contributed by atoms with van der Waals surface area (Å²) in [6.45, 7) is 4.62. The van der Waals surface area contributed by atoms with Crippen LogP contribution < -0.4 is 0 Å². The highest BCUT2D eigenvalue weighted by atomic mass is 33.1. The van der Waals surface area contributed by atoms with Gasteiger partial charge < -0.3 is 0 Å². The van der Waals surface area contributed by atoms with Crippen LogP contribution in [0.4, 0.5) is 0 Å². The maximum atomic E-state index is 2.31. The van der Waals surface area contributed by atoms with Gasteiger partial charge in [0, 0.05) is 11.0 Å². The molecule has 2 unspecified atom stereocenters. The first-order chi connectivity index (χ1) is 12.9. The molecule has 0 nitrogen and oxygen atoms in total. The predicted octanol–water partition coefficient (Wildman–Crippen LogP) is 9.82. The van der Waals surface area contributed by atoms with E-state index in [1.165, 1.54) is 128 Å². The predicted molar refractivity (Wildman–Crippen MR) is 126 cm³/mol. The molecule has 0 aliphatic carbocycles. The van der Waals surface area contributed by atoms with E-state index in [0.29, 0.717) is 0 Å². The Morgan fingerprint density at radius 2 is 1.04 bits per heavy atom. The van der Waals surface area contributed by atoms with E-state index in [4.69, 9.17) is 0 Å². The van der Waals surface area contributed by atoms with Crippen molar-refractivity contribution in [2.45, 2.75) is 141 Å². The Balaban J connectivity index is 1.91. The first kappa shape index (κ1) is 24.7. The molecule has 1 fully saturated rings. The molecule has 0 spiro atoms. The van der Waals surface area contributed by atoms with Crippen molar-refractivity contribution < 1.29 is 0 Å². The van der Waals surface area contributed by atoms with Crippen LogP contribution in [0, 0.1) is 5.92 Å². The van der Waals surface area contributed by atoms with Gasteiger partial charge in [-0.15, -0.1) is 0 Å². The van der Waals surface area contributed by atoms with Gasteiger partial charge in [0.15, 0.2) is 0 Å². The second-order valence-corrected chi connectivity index (χ2v) is 11.3. The van der Waals surface area contributed by atoms with E-state index in [0.717, 1.165) is 11.2 Å². The van der Waals surface area contributed by atoms with Crippen molar-refractivity contribution in [3.05, 3.63) is 0 Å². The van der Waals surface area contributed by atoms with Gasteiger partial charge in [0.1, 0.15) is 0 Å². The third kappa shape index (κ3) is 14.7. The van der Waals surface area contributed by atoms with E-state index < -0.39 is 0 Å². The molecule has 0 amide bonds. The molecular formula is C24H48S2. The lowest BCUT2D eigenvalue weighted by molar-refractivity contribution is 0.440. The maximum Gasteiger partial charge on any atom is 0.0154 e. The van der Waals surface area contributed by atoms with Gasteiger partial charge in [-0.2, -0.15) is 0 Å². The smallest absolute Gasteiger partial charge is 0.0154 e. The molecule has 0 saturated carbocycles. The average Bonchev–Trinajstić information content (AvgIpc) is 2.66. The maximum absolute atomic E-state index is 2.31. The zero-order valence-electron chi connectivity index (χ0n) is 18.1. The highest BCUT2D eigenvalue weighted by Crippen LogP contribution is 2.42. The van der Waals surface area contributed by atoms with Gasteiger partial charge in [-0.25, -0.2) is 0 Å². The lowest BCUT2D eigenvalue weighted by Crippen LogP contribution is -2.17. The lowest BCUT2D eigenvalue weighted by atomic mass is 9.95. The van der Waals surface area contributed by atoms with Crippen LogP contribution in [0.15, 0.2) is 0 Å². The molecule has 1 rings (SSSR count). The molecule has 2 atom stereocenters. The first-order valence-electron chi connectivity index (χ1n) is 12.1. The van der Waals surface area contributed by atoms with Crippen LogP contribution in [-0.4, -0.2) is 11.0 Å². The normalized spacial score (nSPS) is 20.5. The number of rotatable bonds is 18. The van der Waals surface area contributed by atoms with Crippen molar-refractivity contribution in [3.8, 4) is 0 Å². The molecule has 0 N–H and O–H groups in total. The van der Waals surface area contributed by atoms with E-state index >= 15 is 0 Å². The minimum absolute atomic E-state index is 0.966. The van der Waals surface area contributed by atoms with Crippen molar-refractivity contribution in [2.75, 3.05) is 5.75 Å². The van der Waals surface area contributed by atoms with E-state index in [9.17, 15) is 0 Å². The first-order valence-corrected chi connectivity index (χ1v) is 14.5. The van der Waals surface area contributed by atoms with Gasteiger partial charge in [0.05, 0.1) is 0 Å². The topological polar surface area (TPSA) is 0 Å². The van der Waals surface area contributed by atoms with E-state index in [1.807, 2.05) is 0 Å². The Kier molecular flexibility index (Phi) is 18.1.